The predicted molar refractivity (Wildman–Crippen MR) is 134 cm³/mol. The summed E-state index contributed by atoms with van der Waals surface area (Å²) in [5, 5.41) is 14.5. The van der Waals surface area contributed by atoms with Crippen molar-refractivity contribution < 1.29 is 9.90 Å². The van der Waals surface area contributed by atoms with E-state index in [4.69, 9.17) is 0 Å². The van der Waals surface area contributed by atoms with Crippen molar-refractivity contribution in [2.24, 2.45) is 5.92 Å². The van der Waals surface area contributed by atoms with Crippen LogP contribution in [-0.2, 0) is 6.54 Å². The zero-order valence-electron chi connectivity index (χ0n) is 19.8. The van der Waals surface area contributed by atoms with E-state index in [1.54, 1.807) is 10.6 Å². The molecule has 0 radical (unpaired) electrons. The second-order valence-corrected chi connectivity index (χ2v) is 9.35. The molecule has 1 amide bonds. The molecular formula is C26H32N4O3. The maximum atomic E-state index is 13.4. The van der Waals surface area contributed by atoms with Gasteiger partial charge in [-0.2, -0.15) is 0 Å². The summed E-state index contributed by atoms with van der Waals surface area (Å²) in [6, 6.07) is 13.1. The van der Waals surface area contributed by atoms with Crippen molar-refractivity contribution in [3.05, 3.63) is 63.9 Å². The van der Waals surface area contributed by atoms with E-state index in [0.29, 0.717) is 23.1 Å². The van der Waals surface area contributed by atoms with Gasteiger partial charge in [0.25, 0.3) is 11.5 Å². The monoisotopic (exact) mass is 448 g/mol. The van der Waals surface area contributed by atoms with Crippen LogP contribution in [0, 0.1) is 12.8 Å². The Labute approximate surface area is 194 Å². The highest BCUT2D eigenvalue weighted by Gasteiger charge is 2.24. The van der Waals surface area contributed by atoms with E-state index in [1.165, 1.54) is 0 Å². The van der Waals surface area contributed by atoms with Gasteiger partial charge in [0.2, 0.25) is 0 Å². The average molecular weight is 449 g/mol. The van der Waals surface area contributed by atoms with Crippen molar-refractivity contribution in [1.82, 2.24) is 9.47 Å². The number of fused-ring (bicyclic) bond motifs is 1. The smallest absolute Gasteiger partial charge is 0.267 e. The lowest BCUT2D eigenvalue weighted by Crippen LogP contribution is -2.44. The number of hydrogen-bond acceptors (Lipinski definition) is 5. The van der Waals surface area contributed by atoms with Gasteiger partial charge in [0.1, 0.15) is 11.3 Å². The normalized spacial score (nSPS) is 14.8. The number of nitrogens with zero attached hydrogens (tertiary/aromatic N) is 3. The van der Waals surface area contributed by atoms with Crippen LogP contribution in [0.1, 0.15) is 29.8 Å². The maximum absolute atomic E-state index is 13.4. The van der Waals surface area contributed by atoms with Crippen molar-refractivity contribution in [2.45, 2.75) is 27.3 Å². The Bertz CT molecular complexity index is 1240. The van der Waals surface area contributed by atoms with Gasteiger partial charge < -0.3 is 24.8 Å². The van der Waals surface area contributed by atoms with Crippen LogP contribution in [-0.4, -0.2) is 53.7 Å². The molecule has 0 spiro atoms. The molecule has 1 fully saturated rings. The van der Waals surface area contributed by atoms with Crippen LogP contribution in [0.5, 0.6) is 5.75 Å². The summed E-state index contributed by atoms with van der Waals surface area (Å²) in [5.41, 5.74) is 2.48. The lowest BCUT2D eigenvalue weighted by Gasteiger charge is -2.34. The van der Waals surface area contributed by atoms with E-state index in [1.807, 2.05) is 57.2 Å². The molecule has 33 heavy (non-hydrogen) atoms. The highest BCUT2D eigenvalue weighted by molar-refractivity contribution is 6.09. The predicted octanol–water partition coefficient (Wildman–Crippen LogP) is 3.68. The number of carbonyl (C=O) groups is 1. The van der Waals surface area contributed by atoms with E-state index in [-0.39, 0.29) is 17.2 Å². The molecule has 2 heterocycles. The number of anilines is 2. The molecule has 7 nitrogen and oxygen atoms in total. The van der Waals surface area contributed by atoms with Gasteiger partial charge in [0.05, 0.1) is 5.52 Å². The molecular weight excluding hydrogens is 416 g/mol. The molecule has 1 aromatic heterocycles. The number of piperazine rings is 1. The number of benzene rings is 2. The lowest BCUT2D eigenvalue weighted by molar-refractivity contribution is 0.102. The number of amides is 1. The highest BCUT2D eigenvalue weighted by atomic mass is 16.3. The van der Waals surface area contributed by atoms with E-state index < -0.39 is 11.5 Å². The van der Waals surface area contributed by atoms with Crippen LogP contribution in [0.3, 0.4) is 0 Å². The minimum absolute atomic E-state index is 0.195. The first-order chi connectivity index (χ1) is 15.7. The Morgan fingerprint density at radius 2 is 1.82 bits per heavy atom. The third-order valence-corrected chi connectivity index (χ3v) is 6.14. The average Bonchev–Trinajstić information content (AvgIpc) is 2.77. The summed E-state index contributed by atoms with van der Waals surface area (Å²) in [6.07, 6.45) is 0. The molecule has 0 aliphatic carbocycles. The molecule has 2 aromatic carbocycles. The van der Waals surface area contributed by atoms with Crippen molar-refractivity contribution in [1.29, 1.82) is 0 Å². The van der Waals surface area contributed by atoms with Gasteiger partial charge in [-0.25, -0.2) is 0 Å². The maximum Gasteiger partial charge on any atom is 0.267 e. The summed E-state index contributed by atoms with van der Waals surface area (Å²) in [7, 11) is 2.10. The number of pyridine rings is 1. The Kier molecular flexibility index (Phi) is 6.42. The topological polar surface area (TPSA) is 77.8 Å². The van der Waals surface area contributed by atoms with Crippen molar-refractivity contribution in [3.63, 3.8) is 0 Å². The zero-order chi connectivity index (χ0) is 23.7. The fourth-order valence-corrected chi connectivity index (χ4v) is 4.36. The number of aromatic hydroxyl groups is 1. The lowest BCUT2D eigenvalue weighted by atomic mass is 10.1. The number of carbonyl (C=O) groups excluding carboxylic acids is 1. The van der Waals surface area contributed by atoms with Gasteiger partial charge in [-0.1, -0.05) is 26.0 Å². The molecule has 0 bridgehead atoms. The summed E-state index contributed by atoms with van der Waals surface area (Å²) in [6.45, 7) is 10.1. The van der Waals surface area contributed by atoms with Crippen LogP contribution < -0.4 is 15.8 Å². The largest absolute Gasteiger partial charge is 0.506 e. The molecule has 2 N–H and O–H groups in total. The molecule has 174 valence electrons. The second-order valence-electron chi connectivity index (χ2n) is 9.35. The van der Waals surface area contributed by atoms with Gasteiger partial charge in [0, 0.05) is 49.5 Å². The van der Waals surface area contributed by atoms with Crippen molar-refractivity contribution in [3.8, 4) is 5.75 Å². The number of aromatic nitrogens is 1. The second kappa shape index (κ2) is 9.27. The van der Waals surface area contributed by atoms with Gasteiger partial charge in [-0.05, 0) is 55.8 Å². The SMILES string of the molecule is Cc1cccc(NC(=O)c2c(O)c3cc(N4CCN(C)CC4)ccc3n(CC(C)C)c2=O)c1. The highest BCUT2D eigenvalue weighted by Crippen LogP contribution is 2.31. The first-order valence-electron chi connectivity index (χ1n) is 11.5. The summed E-state index contributed by atoms with van der Waals surface area (Å²) >= 11 is 0. The first-order valence-corrected chi connectivity index (χ1v) is 11.5. The molecule has 4 rings (SSSR count). The standard InChI is InChI=1S/C26H32N4O3/c1-17(2)16-30-22-9-8-20(29-12-10-28(4)11-13-29)15-21(22)24(31)23(26(30)33)25(32)27-19-7-5-6-18(3)14-19/h5-9,14-15,17,31H,10-13,16H2,1-4H3,(H,27,32). The van der Waals surface area contributed by atoms with Crippen LogP contribution in [0.25, 0.3) is 10.9 Å². The van der Waals surface area contributed by atoms with Gasteiger partial charge in [0.15, 0.2) is 0 Å². The van der Waals surface area contributed by atoms with Gasteiger partial charge in [-0.15, -0.1) is 0 Å². The van der Waals surface area contributed by atoms with E-state index in [9.17, 15) is 14.7 Å². The van der Waals surface area contributed by atoms with Crippen LogP contribution >= 0.6 is 0 Å². The third-order valence-electron chi connectivity index (χ3n) is 6.14. The van der Waals surface area contributed by atoms with Crippen molar-refractivity contribution in [2.75, 3.05) is 43.4 Å². The molecule has 0 unspecified atom stereocenters. The van der Waals surface area contributed by atoms with E-state index in [0.717, 1.165) is 37.4 Å². The third kappa shape index (κ3) is 4.73. The minimum atomic E-state index is -0.604. The first kappa shape index (κ1) is 22.9. The van der Waals surface area contributed by atoms with Crippen LogP contribution in [0.2, 0.25) is 0 Å². The van der Waals surface area contributed by atoms with Crippen LogP contribution in [0.15, 0.2) is 47.3 Å². The van der Waals surface area contributed by atoms with E-state index in [2.05, 4.69) is 22.2 Å². The Morgan fingerprint density at radius 1 is 1.09 bits per heavy atom. The molecule has 3 aromatic rings. The van der Waals surface area contributed by atoms with Crippen LogP contribution in [0.4, 0.5) is 11.4 Å². The zero-order valence-corrected chi connectivity index (χ0v) is 19.8. The molecule has 0 atom stereocenters. The Balaban J connectivity index is 1.82. The molecule has 1 aliphatic heterocycles. The number of hydrogen-bond donors (Lipinski definition) is 2. The van der Waals surface area contributed by atoms with E-state index >= 15 is 0 Å². The summed E-state index contributed by atoms with van der Waals surface area (Å²) in [4.78, 5) is 31.1. The van der Waals surface area contributed by atoms with Gasteiger partial charge in [-0.3, -0.25) is 9.59 Å². The fraction of sp³-hybridized carbons (Fsp3) is 0.385. The number of rotatable bonds is 5. The number of aryl methyl sites for hydroxylation is 1. The summed E-state index contributed by atoms with van der Waals surface area (Å²) < 4.78 is 1.61. The minimum Gasteiger partial charge on any atom is -0.506 e. The van der Waals surface area contributed by atoms with Gasteiger partial charge >= 0.3 is 0 Å². The number of likely N-dealkylation sites (N-methyl/N-ethyl adjacent to an activating group) is 1. The van der Waals surface area contributed by atoms with Crippen molar-refractivity contribution >= 4 is 28.2 Å². The summed E-state index contributed by atoms with van der Waals surface area (Å²) in [5.74, 6) is -0.677. The molecule has 7 heteroatoms. The molecule has 1 aliphatic rings. The Hall–Kier alpha value is -3.32. The molecule has 1 saturated heterocycles. The molecule has 0 saturated carbocycles. The fourth-order valence-electron chi connectivity index (χ4n) is 4.36. The Morgan fingerprint density at radius 3 is 2.48 bits per heavy atom. The number of nitrogens with one attached hydrogen (secondary N) is 1. The quantitative estimate of drug-likeness (QED) is 0.623.